The fourth-order valence-corrected chi connectivity index (χ4v) is 4.24. The van der Waals surface area contributed by atoms with Gasteiger partial charge in [-0.05, 0) is 48.5 Å². The van der Waals surface area contributed by atoms with Crippen LogP contribution in [0.1, 0.15) is 17.5 Å². The van der Waals surface area contributed by atoms with Gasteiger partial charge in [0.1, 0.15) is 0 Å². The maximum Gasteiger partial charge on any atom is 0.0801 e. The number of aromatic nitrogens is 1. The molecule has 4 heterocycles. The van der Waals surface area contributed by atoms with Gasteiger partial charge in [-0.25, -0.2) is 0 Å². The first kappa shape index (κ1) is 12.3. The molecule has 0 saturated carbocycles. The summed E-state index contributed by atoms with van der Waals surface area (Å²) in [4.78, 5) is 8.49. The predicted octanol–water partition coefficient (Wildman–Crippen LogP) is 3.63. The lowest BCUT2D eigenvalue weighted by molar-refractivity contribution is 0.345. The summed E-state index contributed by atoms with van der Waals surface area (Å²) in [5.74, 6) is 0. The van der Waals surface area contributed by atoms with Crippen LogP contribution in [0.4, 0.5) is 0 Å². The minimum Gasteiger partial charge on any atom is -0.298 e. The Morgan fingerprint density at radius 3 is 3.05 bits per heavy atom. The zero-order chi connectivity index (χ0) is 13.6. The zero-order valence-corrected chi connectivity index (χ0v) is 12.5. The number of hydrogen-bond donors (Lipinski definition) is 0. The van der Waals surface area contributed by atoms with E-state index in [1.807, 2.05) is 0 Å². The summed E-state index contributed by atoms with van der Waals surface area (Å²) < 4.78 is 0. The van der Waals surface area contributed by atoms with Crippen molar-refractivity contribution in [3.05, 3.63) is 53.1 Å². The number of fused-ring (bicyclic) bond motifs is 2. The maximum absolute atomic E-state index is 4.71. The quantitative estimate of drug-likeness (QED) is 0.782. The Labute approximate surface area is 123 Å². The molecule has 102 valence electrons. The van der Waals surface area contributed by atoms with Gasteiger partial charge in [0.05, 0.1) is 10.6 Å². The summed E-state index contributed by atoms with van der Waals surface area (Å²) in [6.45, 7) is 5.61. The van der Waals surface area contributed by atoms with Crippen molar-refractivity contribution in [3.8, 4) is 10.6 Å². The van der Waals surface area contributed by atoms with Gasteiger partial charge >= 0.3 is 0 Å². The van der Waals surface area contributed by atoms with Gasteiger partial charge in [-0.2, -0.15) is 0 Å². The molecule has 0 aliphatic carbocycles. The molecular weight excluding hydrogens is 264 g/mol. The summed E-state index contributed by atoms with van der Waals surface area (Å²) >= 11 is 1.77. The van der Waals surface area contributed by atoms with Crippen molar-refractivity contribution in [1.29, 1.82) is 0 Å². The van der Waals surface area contributed by atoms with Crippen molar-refractivity contribution < 1.29 is 0 Å². The number of aryl methyl sites for hydroxylation is 1. The summed E-state index contributed by atoms with van der Waals surface area (Å²) in [6.07, 6.45) is 8.03. The number of nitrogens with zero attached hydrogens (tertiary/aromatic N) is 2. The van der Waals surface area contributed by atoms with E-state index in [9.17, 15) is 0 Å². The topological polar surface area (TPSA) is 16.1 Å². The number of thiophene rings is 1. The minimum atomic E-state index is 0.217. The van der Waals surface area contributed by atoms with Gasteiger partial charge in [-0.1, -0.05) is 18.2 Å². The van der Waals surface area contributed by atoms with Gasteiger partial charge in [0, 0.05) is 24.7 Å². The first-order valence-corrected chi connectivity index (χ1v) is 8.05. The summed E-state index contributed by atoms with van der Waals surface area (Å²) in [5, 5.41) is 2.18. The largest absolute Gasteiger partial charge is 0.298 e. The molecule has 0 spiro atoms. The Hall–Kier alpha value is -1.45. The van der Waals surface area contributed by atoms with Crippen molar-refractivity contribution >= 4 is 11.3 Å². The molecule has 1 saturated heterocycles. The smallest absolute Gasteiger partial charge is 0.0801 e. The minimum absolute atomic E-state index is 0.217. The van der Waals surface area contributed by atoms with E-state index >= 15 is 0 Å². The number of hydrogen-bond acceptors (Lipinski definition) is 3. The predicted molar refractivity (Wildman–Crippen MR) is 84.2 cm³/mol. The second-order valence-electron chi connectivity index (χ2n) is 5.96. The highest BCUT2D eigenvalue weighted by molar-refractivity contribution is 7.13. The lowest BCUT2D eigenvalue weighted by atomic mass is 9.79. The maximum atomic E-state index is 4.71. The van der Waals surface area contributed by atoms with E-state index in [2.05, 4.69) is 53.8 Å². The molecule has 2 aromatic heterocycles. The third-order valence-corrected chi connectivity index (χ3v) is 5.57. The normalized spacial score (nSPS) is 27.9. The highest BCUT2D eigenvalue weighted by Gasteiger charge is 2.39. The molecule has 0 N–H and O–H groups in total. The van der Waals surface area contributed by atoms with E-state index in [0.717, 1.165) is 18.8 Å². The van der Waals surface area contributed by atoms with Crippen molar-refractivity contribution in [1.82, 2.24) is 9.88 Å². The Bertz CT molecular complexity index is 656. The van der Waals surface area contributed by atoms with Crippen LogP contribution in [-0.2, 0) is 5.41 Å². The van der Waals surface area contributed by atoms with Crippen LogP contribution in [0.2, 0.25) is 0 Å². The average molecular weight is 282 g/mol. The first-order valence-electron chi connectivity index (χ1n) is 7.17. The molecule has 0 amide bonds. The fourth-order valence-electron chi connectivity index (χ4n) is 3.37. The molecule has 2 unspecified atom stereocenters. The molecule has 0 aromatic carbocycles. The Morgan fingerprint density at radius 2 is 2.30 bits per heavy atom. The molecule has 0 radical (unpaired) electrons. The number of rotatable bonds is 2. The standard InChI is InChI=1S/C17H18N2S/c1-13-9-16(20-11-13)15-4-3-14(10-18-15)17-5-2-7-19(12-17)8-6-17/h2-5,9-11H,6-8,12H2,1H3. The molecule has 3 heteroatoms. The summed E-state index contributed by atoms with van der Waals surface area (Å²) in [7, 11) is 0. The molecule has 4 rings (SSSR count). The van der Waals surface area contributed by atoms with Gasteiger partial charge in [0.2, 0.25) is 0 Å². The molecule has 2 aliphatic rings. The van der Waals surface area contributed by atoms with Gasteiger partial charge in [0.15, 0.2) is 0 Å². The molecule has 20 heavy (non-hydrogen) atoms. The van der Waals surface area contributed by atoms with E-state index in [-0.39, 0.29) is 5.41 Å². The molecular formula is C17H18N2S. The van der Waals surface area contributed by atoms with E-state index < -0.39 is 0 Å². The fraction of sp³-hybridized carbons (Fsp3) is 0.353. The van der Waals surface area contributed by atoms with Crippen molar-refractivity contribution in [2.75, 3.05) is 19.6 Å². The van der Waals surface area contributed by atoms with Gasteiger partial charge in [0.25, 0.3) is 0 Å². The average Bonchev–Trinajstić information content (AvgIpc) is 3.04. The molecule has 1 fully saturated rings. The van der Waals surface area contributed by atoms with E-state index in [0.29, 0.717) is 0 Å². The lowest BCUT2D eigenvalue weighted by Crippen LogP contribution is -2.33. The molecule has 2 bridgehead atoms. The monoisotopic (exact) mass is 282 g/mol. The van der Waals surface area contributed by atoms with Gasteiger partial charge in [-0.15, -0.1) is 11.3 Å². The highest BCUT2D eigenvalue weighted by atomic mass is 32.1. The number of pyridine rings is 1. The molecule has 2 aliphatic heterocycles. The summed E-state index contributed by atoms with van der Waals surface area (Å²) in [6, 6.07) is 6.67. The molecule has 2 nitrogen and oxygen atoms in total. The third-order valence-electron chi connectivity index (χ3n) is 4.50. The van der Waals surface area contributed by atoms with Crippen LogP contribution in [-0.4, -0.2) is 29.5 Å². The summed E-state index contributed by atoms with van der Waals surface area (Å²) in [5.41, 5.74) is 4.00. The van der Waals surface area contributed by atoms with Crippen molar-refractivity contribution in [2.24, 2.45) is 0 Å². The van der Waals surface area contributed by atoms with Crippen molar-refractivity contribution in [2.45, 2.75) is 18.8 Å². The van der Waals surface area contributed by atoms with Crippen LogP contribution in [0, 0.1) is 6.92 Å². The second-order valence-corrected chi connectivity index (χ2v) is 6.88. The van der Waals surface area contributed by atoms with Crippen LogP contribution in [0.15, 0.2) is 41.9 Å². The van der Waals surface area contributed by atoms with Crippen LogP contribution < -0.4 is 0 Å². The molecule has 2 atom stereocenters. The van der Waals surface area contributed by atoms with Crippen molar-refractivity contribution in [3.63, 3.8) is 0 Å². The van der Waals surface area contributed by atoms with Gasteiger partial charge < -0.3 is 0 Å². The Balaban J connectivity index is 1.68. The SMILES string of the molecule is Cc1csc(-c2ccc(C34C=CCN(CC3)C4)cn2)c1. The van der Waals surface area contributed by atoms with Crippen LogP contribution >= 0.6 is 11.3 Å². The van der Waals surface area contributed by atoms with E-state index in [1.165, 1.54) is 29.0 Å². The Morgan fingerprint density at radius 1 is 1.35 bits per heavy atom. The van der Waals surface area contributed by atoms with Crippen LogP contribution in [0.25, 0.3) is 10.6 Å². The van der Waals surface area contributed by atoms with Crippen LogP contribution in [0.3, 0.4) is 0 Å². The Kier molecular flexibility index (Phi) is 2.79. The second kappa shape index (κ2) is 4.54. The lowest BCUT2D eigenvalue weighted by Gasteiger charge is -2.29. The van der Waals surface area contributed by atoms with Gasteiger partial charge in [-0.3, -0.25) is 9.88 Å². The first-order chi connectivity index (χ1) is 9.75. The molecule has 2 aromatic rings. The third kappa shape index (κ3) is 1.93. The highest BCUT2D eigenvalue weighted by Crippen LogP contribution is 2.38. The van der Waals surface area contributed by atoms with E-state index in [1.54, 1.807) is 11.3 Å². The zero-order valence-electron chi connectivity index (χ0n) is 11.7. The van der Waals surface area contributed by atoms with E-state index in [4.69, 9.17) is 4.98 Å². The van der Waals surface area contributed by atoms with Crippen LogP contribution in [0.5, 0.6) is 0 Å².